The van der Waals surface area contributed by atoms with Crippen molar-refractivity contribution in [2.45, 2.75) is 32.2 Å². The maximum absolute atomic E-state index is 9.66. The first-order valence-electron chi connectivity index (χ1n) is 6.67. The standard InChI is InChI=1S/C15H21N3O/c1-3-15(4-2,10-19)18-14-6-5-13(16)12-9-17-8-7-11(12)14/h5-9,18-19H,3-4,10,16H2,1-2H3. The van der Waals surface area contributed by atoms with E-state index in [4.69, 9.17) is 5.73 Å². The highest BCUT2D eigenvalue weighted by Gasteiger charge is 2.25. The van der Waals surface area contributed by atoms with Crippen molar-refractivity contribution < 1.29 is 5.11 Å². The number of anilines is 2. The minimum atomic E-state index is -0.285. The molecule has 0 amide bonds. The fraction of sp³-hybridized carbons (Fsp3) is 0.400. The molecule has 2 aromatic rings. The van der Waals surface area contributed by atoms with Gasteiger partial charge in [-0.15, -0.1) is 0 Å². The van der Waals surface area contributed by atoms with Crippen LogP contribution in [0.2, 0.25) is 0 Å². The fourth-order valence-electron chi connectivity index (χ4n) is 2.30. The van der Waals surface area contributed by atoms with Gasteiger partial charge in [0.1, 0.15) is 0 Å². The van der Waals surface area contributed by atoms with Crippen molar-refractivity contribution >= 4 is 22.1 Å². The minimum absolute atomic E-state index is 0.108. The van der Waals surface area contributed by atoms with E-state index in [1.54, 1.807) is 12.4 Å². The lowest BCUT2D eigenvalue weighted by Gasteiger charge is -2.32. The average molecular weight is 259 g/mol. The molecule has 0 aliphatic heterocycles. The molecule has 1 aromatic carbocycles. The zero-order chi connectivity index (χ0) is 13.9. The van der Waals surface area contributed by atoms with Gasteiger partial charge in [-0.3, -0.25) is 4.98 Å². The van der Waals surface area contributed by atoms with Crippen LogP contribution in [0.5, 0.6) is 0 Å². The second kappa shape index (κ2) is 5.45. The van der Waals surface area contributed by atoms with Crippen LogP contribution in [0.3, 0.4) is 0 Å². The van der Waals surface area contributed by atoms with Gasteiger partial charge in [0, 0.05) is 34.5 Å². The van der Waals surface area contributed by atoms with Crippen molar-refractivity contribution in [3.05, 3.63) is 30.6 Å². The third-order valence-corrected chi connectivity index (χ3v) is 3.91. The van der Waals surface area contributed by atoms with E-state index in [9.17, 15) is 5.11 Å². The van der Waals surface area contributed by atoms with E-state index in [0.717, 1.165) is 35.0 Å². The van der Waals surface area contributed by atoms with Gasteiger partial charge in [0.05, 0.1) is 12.1 Å². The molecule has 0 fully saturated rings. The van der Waals surface area contributed by atoms with Crippen LogP contribution in [0, 0.1) is 0 Å². The Hall–Kier alpha value is -1.81. The topological polar surface area (TPSA) is 71.2 Å². The molecule has 102 valence electrons. The third kappa shape index (κ3) is 2.49. The number of nitrogens with zero attached hydrogens (tertiary/aromatic N) is 1. The van der Waals surface area contributed by atoms with Gasteiger partial charge in [-0.25, -0.2) is 0 Å². The number of hydrogen-bond acceptors (Lipinski definition) is 4. The first-order chi connectivity index (χ1) is 9.15. The number of nitrogens with one attached hydrogen (secondary N) is 1. The summed E-state index contributed by atoms with van der Waals surface area (Å²) in [6, 6.07) is 5.79. The normalized spacial score (nSPS) is 11.7. The molecule has 2 rings (SSSR count). The zero-order valence-corrected chi connectivity index (χ0v) is 11.5. The van der Waals surface area contributed by atoms with E-state index in [0.29, 0.717) is 0 Å². The number of hydrogen-bond donors (Lipinski definition) is 3. The highest BCUT2D eigenvalue weighted by Crippen LogP contribution is 2.31. The Bertz CT molecular complexity index is 556. The Balaban J connectivity index is 2.49. The minimum Gasteiger partial charge on any atom is -0.398 e. The number of fused-ring (bicyclic) bond motifs is 1. The first-order valence-corrected chi connectivity index (χ1v) is 6.67. The number of benzene rings is 1. The molecular formula is C15H21N3O. The Labute approximate surface area is 113 Å². The van der Waals surface area contributed by atoms with Crippen molar-refractivity contribution in [1.29, 1.82) is 0 Å². The molecule has 19 heavy (non-hydrogen) atoms. The number of nitrogens with two attached hydrogens (primary N) is 1. The van der Waals surface area contributed by atoms with Crippen LogP contribution < -0.4 is 11.1 Å². The lowest BCUT2D eigenvalue weighted by atomic mass is 9.93. The largest absolute Gasteiger partial charge is 0.398 e. The number of aromatic nitrogens is 1. The Morgan fingerprint density at radius 1 is 1.21 bits per heavy atom. The molecule has 0 radical (unpaired) electrons. The molecule has 0 unspecified atom stereocenters. The smallest absolute Gasteiger partial charge is 0.0661 e. The number of pyridine rings is 1. The second-order valence-electron chi connectivity index (χ2n) is 4.89. The van der Waals surface area contributed by atoms with Gasteiger partial charge in [-0.05, 0) is 31.0 Å². The predicted octanol–water partition coefficient (Wildman–Crippen LogP) is 2.78. The molecule has 0 atom stereocenters. The van der Waals surface area contributed by atoms with Crippen LogP contribution in [0.4, 0.5) is 11.4 Å². The Morgan fingerprint density at radius 3 is 2.58 bits per heavy atom. The Kier molecular flexibility index (Phi) is 3.90. The Morgan fingerprint density at radius 2 is 1.95 bits per heavy atom. The first kappa shape index (κ1) is 13.6. The van der Waals surface area contributed by atoms with E-state index in [-0.39, 0.29) is 12.1 Å². The molecule has 1 aromatic heterocycles. The number of rotatable bonds is 5. The van der Waals surface area contributed by atoms with Crippen LogP contribution in [-0.2, 0) is 0 Å². The van der Waals surface area contributed by atoms with Crippen LogP contribution in [0.15, 0.2) is 30.6 Å². The molecule has 0 aliphatic rings. The van der Waals surface area contributed by atoms with Crippen molar-refractivity contribution in [3.8, 4) is 0 Å². The quantitative estimate of drug-likeness (QED) is 0.722. The van der Waals surface area contributed by atoms with Gasteiger partial charge in [0.2, 0.25) is 0 Å². The predicted molar refractivity (Wildman–Crippen MR) is 80.2 cm³/mol. The van der Waals surface area contributed by atoms with E-state index in [2.05, 4.69) is 24.1 Å². The summed E-state index contributed by atoms with van der Waals surface area (Å²) in [5.74, 6) is 0. The summed E-state index contributed by atoms with van der Waals surface area (Å²) < 4.78 is 0. The molecule has 4 heteroatoms. The van der Waals surface area contributed by atoms with Crippen LogP contribution in [0.1, 0.15) is 26.7 Å². The number of aliphatic hydroxyl groups is 1. The number of aliphatic hydroxyl groups excluding tert-OH is 1. The van der Waals surface area contributed by atoms with Crippen molar-refractivity contribution in [2.75, 3.05) is 17.7 Å². The summed E-state index contributed by atoms with van der Waals surface area (Å²) in [5.41, 5.74) is 7.39. The van der Waals surface area contributed by atoms with E-state index in [1.807, 2.05) is 18.2 Å². The summed E-state index contributed by atoms with van der Waals surface area (Å²) in [5, 5.41) is 15.1. The molecule has 4 N–H and O–H groups in total. The van der Waals surface area contributed by atoms with E-state index < -0.39 is 0 Å². The van der Waals surface area contributed by atoms with E-state index >= 15 is 0 Å². The third-order valence-electron chi connectivity index (χ3n) is 3.91. The summed E-state index contributed by atoms with van der Waals surface area (Å²) in [4.78, 5) is 4.11. The molecule has 0 saturated carbocycles. The van der Waals surface area contributed by atoms with Gasteiger partial charge in [0.15, 0.2) is 0 Å². The summed E-state index contributed by atoms with van der Waals surface area (Å²) >= 11 is 0. The molecule has 0 aliphatic carbocycles. The van der Waals surface area contributed by atoms with Gasteiger partial charge in [-0.2, -0.15) is 0 Å². The van der Waals surface area contributed by atoms with Crippen molar-refractivity contribution in [2.24, 2.45) is 0 Å². The SMILES string of the molecule is CCC(CC)(CO)Nc1ccc(N)c2cnccc12. The summed E-state index contributed by atoms with van der Waals surface area (Å²) in [6.07, 6.45) is 5.24. The molecule has 0 spiro atoms. The highest BCUT2D eigenvalue weighted by molar-refractivity contribution is 6.00. The maximum atomic E-state index is 9.66. The summed E-state index contributed by atoms with van der Waals surface area (Å²) in [7, 11) is 0. The summed E-state index contributed by atoms with van der Waals surface area (Å²) in [6.45, 7) is 4.26. The molecular weight excluding hydrogens is 238 g/mol. The van der Waals surface area contributed by atoms with Gasteiger partial charge >= 0.3 is 0 Å². The van der Waals surface area contributed by atoms with Gasteiger partial charge in [-0.1, -0.05) is 13.8 Å². The molecule has 1 heterocycles. The van der Waals surface area contributed by atoms with Crippen LogP contribution >= 0.6 is 0 Å². The molecule has 4 nitrogen and oxygen atoms in total. The fourth-order valence-corrected chi connectivity index (χ4v) is 2.30. The van der Waals surface area contributed by atoms with Crippen LogP contribution in [-0.4, -0.2) is 22.2 Å². The van der Waals surface area contributed by atoms with Crippen LogP contribution in [0.25, 0.3) is 10.8 Å². The lowest BCUT2D eigenvalue weighted by molar-refractivity contribution is 0.202. The molecule has 0 saturated heterocycles. The zero-order valence-electron chi connectivity index (χ0n) is 11.5. The maximum Gasteiger partial charge on any atom is 0.0661 e. The lowest BCUT2D eigenvalue weighted by Crippen LogP contribution is -2.40. The monoisotopic (exact) mass is 259 g/mol. The number of nitrogen functional groups attached to an aromatic ring is 1. The average Bonchev–Trinajstić information content (AvgIpc) is 2.48. The van der Waals surface area contributed by atoms with Gasteiger partial charge in [0.25, 0.3) is 0 Å². The van der Waals surface area contributed by atoms with Crippen molar-refractivity contribution in [1.82, 2.24) is 4.98 Å². The van der Waals surface area contributed by atoms with Gasteiger partial charge < -0.3 is 16.2 Å². The second-order valence-corrected chi connectivity index (χ2v) is 4.89. The van der Waals surface area contributed by atoms with Crippen molar-refractivity contribution in [3.63, 3.8) is 0 Å². The molecule has 0 bridgehead atoms. The van der Waals surface area contributed by atoms with E-state index in [1.165, 1.54) is 0 Å². The highest BCUT2D eigenvalue weighted by atomic mass is 16.3.